The molecule has 2 heteroatoms. The summed E-state index contributed by atoms with van der Waals surface area (Å²) in [5.74, 6) is 6.10. The van der Waals surface area contributed by atoms with Crippen LogP contribution in [-0.2, 0) is 6.54 Å². The number of nitrogens with zero attached hydrogens (tertiary/aromatic N) is 1. The van der Waals surface area contributed by atoms with Gasteiger partial charge in [0.05, 0.1) is 6.54 Å². The van der Waals surface area contributed by atoms with Gasteiger partial charge in [0.1, 0.15) is 0 Å². The van der Waals surface area contributed by atoms with E-state index in [1.165, 1.54) is 18.4 Å². The molecular weight excluding hydrogens is 220 g/mol. The van der Waals surface area contributed by atoms with Crippen molar-refractivity contribution in [2.45, 2.75) is 33.2 Å². The highest BCUT2D eigenvalue weighted by atomic mass is 15.1. The van der Waals surface area contributed by atoms with E-state index in [0.29, 0.717) is 6.54 Å². The van der Waals surface area contributed by atoms with Crippen LogP contribution in [0.15, 0.2) is 24.3 Å². The van der Waals surface area contributed by atoms with Gasteiger partial charge in [0.15, 0.2) is 0 Å². The Morgan fingerprint density at radius 1 is 1.22 bits per heavy atom. The fraction of sp³-hybridized carbons (Fsp3) is 0.500. The lowest BCUT2D eigenvalue weighted by Crippen LogP contribution is -2.24. The average molecular weight is 244 g/mol. The number of benzene rings is 1. The van der Waals surface area contributed by atoms with Crippen LogP contribution in [0.25, 0.3) is 0 Å². The van der Waals surface area contributed by atoms with Crippen LogP contribution >= 0.6 is 0 Å². The second kappa shape index (κ2) is 8.74. The van der Waals surface area contributed by atoms with Crippen LogP contribution in [0.1, 0.15) is 37.8 Å². The highest BCUT2D eigenvalue weighted by Crippen LogP contribution is 2.11. The molecule has 0 aliphatic heterocycles. The molecule has 0 heterocycles. The van der Waals surface area contributed by atoms with Crippen LogP contribution in [0.2, 0.25) is 0 Å². The minimum Gasteiger partial charge on any atom is -0.320 e. The monoisotopic (exact) mass is 244 g/mol. The molecule has 0 radical (unpaired) electrons. The fourth-order valence-corrected chi connectivity index (χ4v) is 1.90. The third kappa shape index (κ3) is 4.91. The van der Waals surface area contributed by atoms with E-state index < -0.39 is 0 Å². The molecule has 2 nitrogen and oxygen atoms in total. The smallest absolute Gasteiger partial charge is 0.0555 e. The molecule has 1 aromatic carbocycles. The molecule has 1 rings (SSSR count). The predicted molar refractivity (Wildman–Crippen MR) is 78.2 cm³/mol. The molecule has 0 aromatic heterocycles. The molecule has 0 unspecified atom stereocenters. The lowest BCUT2D eigenvalue weighted by Gasteiger charge is -2.20. The van der Waals surface area contributed by atoms with Crippen LogP contribution in [0.4, 0.5) is 0 Å². The van der Waals surface area contributed by atoms with E-state index in [1.807, 2.05) is 6.07 Å². The minimum absolute atomic E-state index is 0.418. The van der Waals surface area contributed by atoms with Gasteiger partial charge < -0.3 is 5.73 Å². The molecule has 0 saturated carbocycles. The zero-order valence-corrected chi connectivity index (χ0v) is 11.6. The van der Waals surface area contributed by atoms with Crippen LogP contribution < -0.4 is 5.73 Å². The number of hydrogen-bond acceptors (Lipinski definition) is 2. The summed E-state index contributed by atoms with van der Waals surface area (Å²) in [6, 6.07) is 8.35. The first kappa shape index (κ1) is 14.8. The summed E-state index contributed by atoms with van der Waals surface area (Å²) in [6.45, 7) is 8.08. The number of unbranched alkanes of at least 4 members (excludes halogenated alkanes) is 1. The van der Waals surface area contributed by atoms with E-state index >= 15 is 0 Å². The minimum atomic E-state index is 0.418. The summed E-state index contributed by atoms with van der Waals surface area (Å²) in [5.41, 5.74) is 7.85. The first-order valence-electron chi connectivity index (χ1n) is 6.81. The summed E-state index contributed by atoms with van der Waals surface area (Å²) in [4.78, 5) is 2.46. The summed E-state index contributed by atoms with van der Waals surface area (Å²) < 4.78 is 0. The number of nitrogens with two attached hydrogens (primary N) is 1. The van der Waals surface area contributed by atoms with Crippen molar-refractivity contribution in [2.75, 3.05) is 19.6 Å². The van der Waals surface area contributed by atoms with Gasteiger partial charge in [-0.1, -0.05) is 50.3 Å². The summed E-state index contributed by atoms with van der Waals surface area (Å²) in [7, 11) is 0. The Morgan fingerprint density at radius 2 is 2.00 bits per heavy atom. The number of hydrogen-bond donors (Lipinski definition) is 1. The quantitative estimate of drug-likeness (QED) is 0.779. The Balaban J connectivity index is 2.75. The molecule has 0 fully saturated rings. The second-order valence-corrected chi connectivity index (χ2v) is 4.39. The molecule has 0 spiro atoms. The summed E-state index contributed by atoms with van der Waals surface area (Å²) >= 11 is 0. The van der Waals surface area contributed by atoms with E-state index in [0.717, 1.165) is 25.2 Å². The predicted octanol–water partition coefficient (Wildman–Crippen LogP) is 2.62. The van der Waals surface area contributed by atoms with Crippen molar-refractivity contribution in [3.8, 4) is 11.8 Å². The topological polar surface area (TPSA) is 29.3 Å². The second-order valence-electron chi connectivity index (χ2n) is 4.39. The highest BCUT2D eigenvalue weighted by Gasteiger charge is 2.05. The van der Waals surface area contributed by atoms with Gasteiger partial charge in [-0.3, -0.25) is 4.90 Å². The third-order valence-corrected chi connectivity index (χ3v) is 3.01. The van der Waals surface area contributed by atoms with Crippen LogP contribution in [0, 0.1) is 11.8 Å². The number of rotatable bonds is 6. The molecule has 0 atom stereocenters. The molecule has 2 N–H and O–H groups in total. The van der Waals surface area contributed by atoms with Gasteiger partial charge in [0.2, 0.25) is 0 Å². The molecule has 0 amide bonds. The van der Waals surface area contributed by atoms with Gasteiger partial charge in [-0.25, -0.2) is 0 Å². The Labute approximate surface area is 111 Å². The molecular formula is C16H24N2. The highest BCUT2D eigenvalue weighted by molar-refractivity contribution is 5.41. The maximum atomic E-state index is 5.44. The van der Waals surface area contributed by atoms with Crippen molar-refractivity contribution in [1.29, 1.82) is 0 Å². The lowest BCUT2D eigenvalue weighted by molar-refractivity contribution is 0.275. The van der Waals surface area contributed by atoms with E-state index in [-0.39, 0.29) is 0 Å². The van der Waals surface area contributed by atoms with Crippen LogP contribution in [-0.4, -0.2) is 24.5 Å². The van der Waals surface area contributed by atoms with Crippen molar-refractivity contribution in [2.24, 2.45) is 5.73 Å². The van der Waals surface area contributed by atoms with Crippen molar-refractivity contribution >= 4 is 0 Å². The molecule has 0 bridgehead atoms. The van der Waals surface area contributed by atoms with Gasteiger partial charge >= 0.3 is 0 Å². The van der Waals surface area contributed by atoms with Crippen molar-refractivity contribution in [3.63, 3.8) is 0 Å². The lowest BCUT2D eigenvalue weighted by atomic mass is 10.1. The van der Waals surface area contributed by atoms with E-state index in [9.17, 15) is 0 Å². The maximum absolute atomic E-state index is 5.44. The van der Waals surface area contributed by atoms with Crippen LogP contribution in [0.3, 0.4) is 0 Å². The molecule has 0 saturated heterocycles. The zero-order chi connectivity index (χ0) is 13.2. The standard InChI is InChI=1S/C16H24N2/c1-3-5-13-18(4-2)14-16-10-7-6-9-15(16)11-8-12-17/h6-7,9-10H,3-5,12-14,17H2,1-2H3. The molecule has 18 heavy (non-hydrogen) atoms. The van der Waals surface area contributed by atoms with Gasteiger partial charge in [0.25, 0.3) is 0 Å². The van der Waals surface area contributed by atoms with Gasteiger partial charge in [0, 0.05) is 12.1 Å². The largest absolute Gasteiger partial charge is 0.320 e. The first-order chi connectivity index (χ1) is 8.81. The average Bonchev–Trinajstić information content (AvgIpc) is 2.42. The normalized spacial score (nSPS) is 10.2. The summed E-state index contributed by atoms with van der Waals surface area (Å²) in [5, 5.41) is 0. The Kier molecular flexibility index (Phi) is 7.17. The van der Waals surface area contributed by atoms with Crippen molar-refractivity contribution in [3.05, 3.63) is 35.4 Å². The van der Waals surface area contributed by atoms with Gasteiger partial charge in [-0.2, -0.15) is 0 Å². The van der Waals surface area contributed by atoms with Gasteiger partial charge in [-0.15, -0.1) is 0 Å². The van der Waals surface area contributed by atoms with E-state index in [1.54, 1.807) is 0 Å². The van der Waals surface area contributed by atoms with Crippen molar-refractivity contribution < 1.29 is 0 Å². The summed E-state index contributed by atoms with van der Waals surface area (Å²) in [6.07, 6.45) is 2.50. The van der Waals surface area contributed by atoms with E-state index in [4.69, 9.17) is 5.73 Å². The molecule has 0 aliphatic carbocycles. The van der Waals surface area contributed by atoms with Crippen molar-refractivity contribution in [1.82, 2.24) is 4.90 Å². The SMILES string of the molecule is CCCCN(CC)Cc1ccccc1C#CCN. The Hall–Kier alpha value is -1.30. The molecule has 0 aliphatic rings. The van der Waals surface area contributed by atoms with Gasteiger partial charge in [-0.05, 0) is 31.1 Å². The Bertz CT molecular complexity index is 401. The Morgan fingerprint density at radius 3 is 2.67 bits per heavy atom. The van der Waals surface area contributed by atoms with Crippen LogP contribution in [0.5, 0.6) is 0 Å². The van der Waals surface area contributed by atoms with E-state index in [2.05, 4.69) is 48.8 Å². The fourth-order valence-electron chi connectivity index (χ4n) is 1.90. The molecule has 1 aromatic rings. The third-order valence-electron chi connectivity index (χ3n) is 3.01. The maximum Gasteiger partial charge on any atom is 0.0555 e. The first-order valence-corrected chi connectivity index (χ1v) is 6.81. The zero-order valence-electron chi connectivity index (χ0n) is 11.6. The molecule has 98 valence electrons.